The van der Waals surface area contributed by atoms with Crippen molar-refractivity contribution >= 4 is 17.6 Å². The maximum atomic E-state index is 13.2. The van der Waals surface area contributed by atoms with Crippen LogP contribution >= 0.6 is 0 Å². The fraction of sp³-hybridized carbons (Fsp3) is 0.619. The fourth-order valence-corrected chi connectivity index (χ4v) is 5.36. The van der Waals surface area contributed by atoms with Crippen LogP contribution in [0, 0.1) is 23.7 Å². The van der Waals surface area contributed by atoms with Gasteiger partial charge in [0, 0.05) is 37.9 Å². The number of benzene rings is 1. The lowest BCUT2D eigenvalue weighted by molar-refractivity contribution is -0.162. The monoisotopic (exact) mass is 372 g/mol. The standard InChI is InChI=1S/C21H28N2O4/c1-27-17-4-2-3-16(13-17)22-9-11-23(12-10-22)20(24)18-14-5-7-15(8-6-14)19(18)21(25)26/h2-4,13-15,18-19H,5-12H2,1H3,(H,25,26)/t14?,15?,18-,19+/m1/s1. The second-order valence-electron chi connectivity index (χ2n) is 8.08. The lowest BCUT2D eigenvalue weighted by atomic mass is 9.58. The summed E-state index contributed by atoms with van der Waals surface area (Å²) in [6.07, 6.45) is 3.95. The summed E-state index contributed by atoms with van der Waals surface area (Å²) in [5.74, 6) is -0.257. The number of fused-ring (bicyclic) bond motifs is 3. The number of methoxy groups -OCH3 is 1. The van der Waals surface area contributed by atoms with Crippen LogP contribution < -0.4 is 9.64 Å². The van der Waals surface area contributed by atoms with Gasteiger partial charge in [0.1, 0.15) is 5.75 Å². The van der Waals surface area contributed by atoms with Crippen molar-refractivity contribution < 1.29 is 19.4 Å². The Hall–Kier alpha value is -2.24. The van der Waals surface area contributed by atoms with E-state index in [1.54, 1.807) is 7.11 Å². The van der Waals surface area contributed by atoms with E-state index < -0.39 is 11.9 Å². The SMILES string of the molecule is COc1cccc(N2CCN(C(=O)[C@@H]3C4CCC(CC4)[C@@H]3C(=O)O)CC2)c1. The average Bonchev–Trinajstić information content (AvgIpc) is 2.73. The molecule has 27 heavy (non-hydrogen) atoms. The van der Waals surface area contributed by atoms with Crippen molar-refractivity contribution in [1.82, 2.24) is 4.90 Å². The van der Waals surface area contributed by atoms with E-state index in [0.717, 1.165) is 50.2 Å². The molecule has 1 aromatic rings. The van der Waals surface area contributed by atoms with Gasteiger partial charge in [0.05, 0.1) is 18.9 Å². The topological polar surface area (TPSA) is 70.1 Å². The van der Waals surface area contributed by atoms with Crippen molar-refractivity contribution in [2.45, 2.75) is 25.7 Å². The van der Waals surface area contributed by atoms with E-state index in [-0.39, 0.29) is 23.7 Å². The summed E-state index contributed by atoms with van der Waals surface area (Å²) in [5.41, 5.74) is 1.10. The summed E-state index contributed by atoms with van der Waals surface area (Å²) in [6.45, 7) is 2.82. The summed E-state index contributed by atoms with van der Waals surface area (Å²) in [7, 11) is 1.66. The van der Waals surface area contributed by atoms with E-state index in [0.29, 0.717) is 13.1 Å². The summed E-state index contributed by atoms with van der Waals surface area (Å²) in [4.78, 5) is 29.2. The number of carboxylic acids is 1. The van der Waals surface area contributed by atoms with Crippen molar-refractivity contribution in [3.8, 4) is 5.75 Å². The second kappa shape index (κ2) is 7.41. The van der Waals surface area contributed by atoms with Crippen LogP contribution in [0.5, 0.6) is 5.75 Å². The number of rotatable bonds is 4. The predicted octanol–water partition coefficient (Wildman–Crippen LogP) is 2.48. The van der Waals surface area contributed by atoms with Gasteiger partial charge in [-0.15, -0.1) is 0 Å². The molecule has 1 N–H and O–H groups in total. The first-order chi connectivity index (χ1) is 13.1. The van der Waals surface area contributed by atoms with Gasteiger partial charge in [-0.2, -0.15) is 0 Å². The molecule has 0 spiro atoms. The highest BCUT2D eigenvalue weighted by Gasteiger charge is 2.51. The summed E-state index contributed by atoms with van der Waals surface area (Å²) in [6, 6.07) is 7.97. The number of piperazine rings is 1. The maximum Gasteiger partial charge on any atom is 0.307 e. The number of carboxylic acid groups (broad SMARTS) is 1. The number of ether oxygens (including phenoxy) is 1. The fourth-order valence-electron chi connectivity index (χ4n) is 5.36. The molecule has 2 atom stereocenters. The van der Waals surface area contributed by atoms with Gasteiger partial charge >= 0.3 is 5.97 Å². The molecule has 1 saturated heterocycles. The van der Waals surface area contributed by atoms with Crippen LogP contribution in [-0.2, 0) is 9.59 Å². The van der Waals surface area contributed by atoms with Crippen LogP contribution in [0.25, 0.3) is 0 Å². The minimum Gasteiger partial charge on any atom is -0.497 e. The molecular weight excluding hydrogens is 344 g/mol. The van der Waals surface area contributed by atoms with Crippen LogP contribution in [0.1, 0.15) is 25.7 Å². The van der Waals surface area contributed by atoms with E-state index in [1.807, 2.05) is 23.1 Å². The van der Waals surface area contributed by atoms with Crippen LogP contribution in [0.3, 0.4) is 0 Å². The van der Waals surface area contributed by atoms with Gasteiger partial charge < -0.3 is 19.6 Å². The van der Waals surface area contributed by atoms with Gasteiger partial charge in [0.25, 0.3) is 0 Å². The Morgan fingerprint density at radius 1 is 1.00 bits per heavy atom. The van der Waals surface area contributed by atoms with Crippen LogP contribution in [0.4, 0.5) is 5.69 Å². The minimum absolute atomic E-state index is 0.0714. The Balaban J connectivity index is 1.43. The summed E-state index contributed by atoms with van der Waals surface area (Å²) < 4.78 is 5.30. The minimum atomic E-state index is -0.780. The molecule has 4 fully saturated rings. The molecule has 146 valence electrons. The van der Waals surface area contributed by atoms with Crippen molar-refractivity contribution in [3.05, 3.63) is 24.3 Å². The molecule has 0 unspecified atom stereocenters. The first kappa shape index (κ1) is 18.1. The molecule has 0 aromatic heterocycles. The van der Waals surface area contributed by atoms with Crippen LogP contribution in [0.2, 0.25) is 0 Å². The third-order valence-electron chi connectivity index (χ3n) is 6.80. The Morgan fingerprint density at radius 3 is 2.22 bits per heavy atom. The molecule has 1 aromatic carbocycles. The largest absolute Gasteiger partial charge is 0.497 e. The quantitative estimate of drug-likeness (QED) is 0.879. The molecule has 6 heteroatoms. The van der Waals surface area contributed by atoms with Crippen LogP contribution in [-0.4, -0.2) is 55.2 Å². The highest BCUT2D eigenvalue weighted by atomic mass is 16.5. The Labute approximate surface area is 160 Å². The Morgan fingerprint density at radius 2 is 1.63 bits per heavy atom. The number of anilines is 1. The van der Waals surface area contributed by atoms with Gasteiger partial charge in [-0.1, -0.05) is 6.07 Å². The molecule has 2 bridgehead atoms. The van der Waals surface area contributed by atoms with Gasteiger partial charge in [0.2, 0.25) is 5.91 Å². The third kappa shape index (κ3) is 3.37. The summed E-state index contributed by atoms with van der Waals surface area (Å²) in [5, 5.41) is 9.73. The number of carbonyl (C=O) groups is 2. The summed E-state index contributed by atoms with van der Waals surface area (Å²) >= 11 is 0. The van der Waals surface area contributed by atoms with E-state index in [4.69, 9.17) is 4.74 Å². The van der Waals surface area contributed by atoms with Crippen LogP contribution in [0.15, 0.2) is 24.3 Å². The molecule has 3 aliphatic carbocycles. The number of aliphatic carboxylic acids is 1. The molecule has 1 heterocycles. The molecule has 0 radical (unpaired) electrons. The third-order valence-corrected chi connectivity index (χ3v) is 6.80. The smallest absolute Gasteiger partial charge is 0.307 e. The van der Waals surface area contributed by atoms with E-state index >= 15 is 0 Å². The maximum absolute atomic E-state index is 13.2. The van der Waals surface area contributed by atoms with Gasteiger partial charge in [0.15, 0.2) is 0 Å². The van der Waals surface area contributed by atoms with E-state index in [1.165, 1.54) is 0 Å². The molecule has 4 aliphatic rings. The first-order valence-electron chi connectivity index (χ1n) is 9.99. The first-order valence-corrected chi connectivity index (χ1v) is 9.99. The zero-order chi connectivity index (χ0) is 19.0. The second-order valence-corrected chi connectivity index (χ2v) is 8.08. The van der Waals surface area contributed by atoms with Gasteiger partial charge in [-0.05, 0) is 49.7 Å². The van der Waals surface area contributed by atoms with E-state index in [9.17, 15) is 14.7 Å². The molecule has 3 saturated carbocycles. The molecule has 1 amide bonds. The van der Waals surface area contributed by atoms with Crippen molar-refractivity contribution in [2.24, 2.45) is 23.7 Å². The number of amides is 1. The van der Waals surface area contributed by atoms with Gasteiger partial charge in [-0.3, -0.25) is 9.59 Å². The normalized spacial score (nSPS) is 30.3. The molecule has 5 rings (SSSR count). The predicted molar refractivity (Wildman–Crippen MR) is 102 cm³/mol. The number of hydrogen-bond acceptors (Lipinski definition) is 4. The lowest BCUT2D eigenvalue weighted by Gasteiger charge is -2.48. The van der Waals surface area contributed by atoms with Crippen molar-refractivity contribution in [1.29, 1.82) is 0 Å². The van der Waals surface area contributed by atoms with Gasteiger partial charge in [-0.25, -0.2) is 0 Å². The molecule has 6 nitrogen and oxygen atoms in total. The average molecular weight is 372 g/mol. The number of nitrogens with zero attached hydrogens (tertiary/aromatic N) is 2. The zero-order valence-corrected chi connectivity index (χ0v) is 15.8. The van der Waals surface area contributed by atoms with Crippen molar-refractivity contribution in [2.75, 3.05) is 38.2 Å². The lowest BCUT2D eigenvalue weighted by Crippen LogP contribution is -2.56. The van der Waals surface area contributed by atoms with E-state index in [2.05, 4.69) is 11.0 Å². The highest BCUT2D eigenvalue weighted by Crippen LogP contribution is 2.49. The zero-order valence-electron chi connectivity index (χ0n) is 15.8. The molecule has 1 aliphatic heterocycles. The Bertz CT molecular complexity index is 706. The number of carbonyl (C=O) groups excluding carboxylic acids is 1. The van der Waals surface area contributed by atoms with Crippen molar-refractivity contribution in [3.63, 3.8) is 0 Å². The molecular formula is C21H28N2O4. The highest BCUT2D eigenvalue weighted by molar-refractivity contribution is 5.86. The number of hydrogen-bond donors (Lipinski definition) is 1. The Kier molecular flexibility index (Phi) is 4.98.